The molecule has 0 spiro atoms. The van der Waals surface area contributed by atoms with Crippen molar-refractivity contribution in [1.82, 2.24) is 4.98 Å². The molecule has 2 atom stereocenters. The molecule has 0 saturated heterocycles. The van der Waals surface area contributed by atoms with Gasteiger partial charge in [-0.15, -0.1) is 0 Å². The lowest BCUT2D eigenvalue weighted by atomic mass is 9.93. The summed E-state index contributed by atoms with van der Waals surface area (Å²) in [5.74, 6) is 1.24. The summed E-state index contributed by atoms with van der Waals surface area (Å²) in [6, 6.07) is 43.3. The van der Waals surface area contributed by atoms with Crippen LogP contribution < -0.4 is 4.74 Å². The predicted octanol–water partition coefficient (Wildman–Crippen LogP) is 9.25. The molecule has 40 heavy (non-hydrogen) atoms. The molecule has 0 fully saturated rings. The predicted molar refractivity (Wildman–Crippen MR) is 165 cm³/mol. The fourth-order valence-corrected chi connectivity index (χ4v) is 5.61. The fourth-order valence-electron chi connectivity index (χ4n) is 5.61. The van der Waals surface area contributed by atoms with Crippen LogP contribution in [0.1, 0.15) is 22.6 Å². The van der Waals surface area contributed by atoms with E-state index in [1.165, 1.54) is 38.9 Å². The van der Waals surface area contributed by atoms with Gasteiger partial charge in [0.1, 0.15) is 11.9 Å². The quantitative estimate of drug-likeness (QED) is 0.238. The van der Waals surface area contributed by atoms with E-state index in [0.29, 0.717) is 0 Å². The van der Waals surface area contributed by atoms with Crippen LogP contribution in [-0.4, -0.2) is 11.1 Å². The van der Waals surface area contributed by atoms with Gasteiger partial charge in [-0.25, -0.2) is 0 Å². The Morgan fingerprint density at radius 1 is 0.575 bits per heavy atom. The van der Waals surface area contributed by atoms with E-state index in [4.69, 9.17) is 4.74 Å². The normalized spacial score (nSPS) is 16.6. The molecule has 0 saturated carbocycles. The van der Waals surface area contributed by atoms with E-state index in [-0.39, 0.29) is 12.0 Å². The number of allylic oxidation sites excluding steroid dienone is 2. The highest BCUT2D eigenvalue weighted by Gasteiger charge is 2.30. The lowest BCUT2D eigenvalue weighted by Crippen LogP contribution is -2.15. The minimum absolute atomic E-state index is 0.100. The first-order chi connectivity index (χ1) is 19.8. The molecule has 1 aromatic heterocycles. The summed E-state index contributed by atoms with van der Waals surface area (Å²) in [4.78, 5) is 4.50. The number of hydrogen-bond donors (Lipinski definition) is 0. The van der Waals surface area contributed by atoms with Gasteiger partial charge in [0, 0.05) is 23.1 Å². The van der Waals surface area contributed by atoms with Crippen molar-refractivity contribution in [3.8, 4) is 28.0 Å². The zero-order chi connectivity index (χ0) is 26.7. The maximum absolute atomic E-state index is 6.16. The molecule has 2 aliphatic rings. The third-order valence-corrected chi connectivity index (χ3v) is 7.77. The Labute approximate surface area is 235 Å². The first kappa shape index (κ1) is 24.1. The third kappa shape index (κ3) is 4.92. The minimum Gasteiger partial charge on any atom is -0.485 e. The van der Waals surface area contributed by atoms with Gasteiger partial charge in [0.25, 0.3) is 0 Å². The van der Waals surface area contributed by atoms with Gasteiger partial charge in [0.05, 0.1) is 5.52 Å². The molecule has 2 heterocycles. The molecular weight excluding hydrogens is 486 g/mol. The molecule has 7 rings (SSSR count). The van der Waals surface area contributed by atoms with Gasteiger partial charge in [-0.2, -0.15) is 0 Å². The monoisotopic (exact) mass is 515 g/mol. The maximum Gasteiger partial charge on any atom is 0.128 e. The number of hydrogen-bond acceptors (Lipinski definition) is 2. The maximum atomic E-state index is 6.16. The zero-order valence-corrected chi connectivity index (χ0v) is 22.2. The summed E-state index contributed by atoms with van der Waals surface area (Å²) in [6.45, 7) is 0. The van der Waals surface area contributed by atoms with Crippen molar-refractivity contribution in [3.05, 3.63) is 169 Å². The van der Waals surface area contributed by atoms with Gasteiger partial charge in [-0.1, -0.05) is 121 Å². The van der Waals surface area contributed by atoms with E-state index in [1.54, 1.807) is 0 Å². The number of aromatic nitrogens is 1. The molecule has 1 aliphatic carbocycles. The molecular formula is C38H29NO. The fraction of sp³-hybridized carbons (Fsp3) is 0.0789. The van der Waals surface area contributed by atoms with E-state index in [1.807, 2.05) is 12.3 Å². The topological polar surface area (TPSA) is 22.1 Å². The summed E-state index contributed by atoms with van der Waals surface area (Å²) < 4.78 is 6.16. The number of fused-ring (bicyclic) bond motifs is 4. The molecule has 1 aliphatic heterocycles. The molecule has 0 radical (unpaired) electrons. The Kier molecular flexibility index (Phi) is 6.43. The van der Waals surface area contributed by atoms with Crippen molar-refractivity contribution in [1.29, 1.82) is 0 Å². The van der Waals surface area contributed by atoms with Crippen LogP contribution in [0.2, 0.25) is 0 Å². The molecule has 2 heteroatoms. The summed E-state index contributed by atoms with van der Waals surface area (Å²) in [6.07, 6.45) is 11.4. The molecule has 192 valence electrons. The van der Waals surface area contributed by atoms with Crippen LogP contribution in [0.4, 0.5) is 0 Å². The Balaban J connectivity index is 1.08. The Hall–Kier alpha value is -4.95. The second-order valence-corrected chi connectivity index (χ2v) is 10.4. The third-order valence-electron chi connectivity index (χ3n) is 7.77. The van der Waals surface area contributed by atoms with Crippen LogP contribution in [0.3, 0.4) is 0 Å². The highest BCUT2D eigenvalue weighted by Crippen LogP contribution is 2.39. The second-order valence-electron chi connectivity index (χ2n) is 10.4. The van der Waals surface area contributed by atoms with Gasteiger partial charge < -0.3 is 4.74 Å². The van der Waals surface area contributed by atoms with Crippen molar-refractivity contribution < 1.29 is 4.74 Å². The molecule has 5 aromatic rings. The summed E-state index contributed by atoms with van der Waals surface area (Å²) in [7, 11) is 0. The Bertz CT molecular complexity index is 1800. The largest absolute Gasteiger partial charge is 0.485 e. The lowest BCUT2D eigenvalue weighted by Gasteiger charge is -2.13. The summed E-state index contributed by atoms with van der Waals surface area (Å²) >= 11 is 0. The van der Waals surface area contributed by atoms with Crippen molar-refractivity contribution in [3.63, 3.8) is 0 Å². The van der Waals surface area contributed by atoms with Gasteiger partial charge >= 0.3 is 0 Å². The van der Waals surface area contributed by atoms with Crippen molar-refractivity contribution in [2.45, 2.75) is 18.4 Å². The van der Waals surface area contributed by atoms with Crippen LogP contribution >= 0.6 is 0 Å². The van der Waals surface area contributed by atoms with E-state index in [9.17, 15) is 0 Å². The average molecular weight is 516 g/mol. The minimum atomic E-state index is 0.100. The number of benzene rings is 3. The van der Waals surface area contributed by atoms with Crippen LogP contribution in [-0.2, 0) is 6.42 Å². The smallest absolute Gasteiger partial charge is 0.128 e. The number of pyridine rings is 1. The Morgan fingerprint density at radius 3 is 2.10 bits per heavy atom. The van der Waals surface area contributed by atoms with Crippen molar-refractivity contribution in [2.75, 3.05) is 0 Å². The van der Waals surface area contributed by atoms with Gasteiger partial charge in [-0.05, 0) is 64.1 Å². The van der Waals surface area contributed by atoms with Gasteiger partial charge in [0.15, 0.2) is 0 Å². The molecule has 0 amide bonds. The van der Waals surface area contributed by atoms with Crippen molar-refractivity contribution in [2.24, 2.45) is 0 Å². The molecule has 0 N–H and O–H groups in total. The van der Waals surface area contributed by atoms with Crippen LogP contribution in [0.15, 0.2) is 152 Å². The van der Waals surface area contributed by atoms with E-state index in [2.05, 4.69) is 145 Å². The Morgan fingerprint density at radius 2 is 1.25 bits per heavy atom. The second kappa shape index (κ2) is 10.7. The zero-order valence-electron chi connectivity index (χ0n) is 22.2. The number of ether oxygens (including phenoxy) is 1. The highest BCUT2D eigenvalue weighted by molar-refractivity contribution is 5.84. The molecule has 4 aromatic carbocycles. The van der Waals surface area contributed by atoms with E-state index >= 15 is 0 Å². The molecule has 0 bridgehead atoms. The average Bonchev–Trinajstić information content (AvgIpc) is 3.37. The first-order valence-electron chi connectivity index (χ1n) is 13.8. The lowest BCUT2D eigenvalue weighted by molar-refractivity contribution is 0.269. The number of rotatable bonds is 4. The van der Waals surface area contributed by atoms with Crippen molar-refractivity contribution >= 4 is 10.9 Å². The highest BCUT2D eigenvalue weighted by atomic mass is 16.5. The standard InChI is InChI=1S/C38H29NO/c1-3-12-38-35(34-10-2-4-13-37(34)40-38)11-5-8-27(7-1)25-28-14-16-29(17-15-28)30-18-20-31(21-19-30)33-23-22-32-9-6-24-39-36(32)26-33/h1-24,26,34,37H,25H2. The summed E-state index contributed by atoms with van der Waals surface area (Å²) in [5.41, 5.74) is 9.63. The summed E-state index contributed by atoms with van der Waals surface area (Å²) in [5, 5.41) is 1.16. The van der Waals surface area contributed by atoms with Crippen LogP contribution in [0.5, 0.6) is 5.75 Å². The van der Waals surface area contributed by atoms with Crippen LogP contribution in [0.25, 0.3) is 33.2 Å². The van der Waals surface area contributed by atoms with Gasteiger partial charge in [-0.3, -0.25) is 4.98 Å². The first-order valence-corrected chi connectivity index (χ1v) is 13.8. The van der Waals surface area contributed by atoms with Gasteiger partial charge in [0.2, 0.25) is 0 Å². The SMILES string of the molecule is C1=CC2Oc3ccccc(Cc4ccc(-c5ccc(-c6ccc7cccnc7c6)cc5)cc4)cccc3C2C=C1. The van der Waals surface area contributed by atoms with Crippen LogP contribution in [0, 0.1) is 0 Å². The van der Waals surface area contributed by atoms with E-state index < -0.39 is 0 Å². The van der Waals surface area contributed by atoms with E-state index in [0.717, 1.165) is 23.1 Å². The molecule has 2 nitrogen and oxygen atoms in total. The number of nitrogens with zero attached hydrogens (tertiary/aromatic N) is 1. The molecule has 2 unspecified atom stereocenters.